The number of rotatable bonds is 5. The summed E-state index contributed by atoms with van der Waals surface area (Å²) in [6.45, 7) is 0.317. The molecule has 7 heteroatoms. The Bertz CT molecular complexity index is 744. The Morgan fingerprint density at radius 1 is 1.24 bits per heavy atom. The van der Waals surface area contributed by atoms with Crippen LogP contribution in [0.2, 0.25) is 0 Å². The van der Waals surface area contributed by atoms with Crippen LogP contribution in [0.1, 0.15) is 5.56 Å². The maximum Gasteiger partial charge on any atom is 0.238 e. The minimum atomic E-state index is -3.74. The molecule has 0 bridgehead atoms. The number of phenolic OH excluding ortho intramolecular Hbond substituents is 1. The third kappa shape index (κ3) is 3.65. The highest BCUT2D eigenvalue weighted by Crippen LogP contribution is 2.29. The fourth-order valence-corrected chi connectivity index (χ4v) is 2.41. The van der Waals surface area contributed by atoms with Gasteiger partial charge in [-0.25, -0.2) is 13.6 Å². The highest BCUT2D eigenvalue weighted by molar-refractivity contribution is 7.89. The summed E-state index contributed by atoms with van der Waals surface area (Å²) in [5.74, 6) is 0.433. The number of ether oxygens (including phenoxy) is 1. The Kier molecular flexibility index (Phi) is 4.35. The van der Waals surface area contributed by atoms with Crippen LogP contribution >= 0.6 is 0 Å². The SMILES string of the molecule is COc1cccc(CNc2cccc(S(N)(=O)=O)c2)c1O. The van der Waals surface area contributed by atoms with E-state index in [0.717, 1.165) is 0 Å². The number of phenols is 1. The molecule has 0 saturated carbocycles. The van der Waals surface area contributed by atoms with E-state index >= 15 is 0 Å². The number of anilines is 1. The molecular weight excluding hydrogens is 292 g/mol. The van der Waals surface area contributed by atoms with Crippen LogP contribution in [0, 0.1) is 0 Å². The molecule has 0 aliphatic heterocycles. The minimum Gasteiger partial charge on any atom is -0.504 e. The van der Waals surface area contributed by atoms with E-state index in [-0.39, 0.29) is 10.6 Å². The zero-order valence-corrected chi connectivity index (χ0v) is 12.2. The number of primary sulfonamides is 1. The summed E-state index contributed by atoms with van der Waals surface area (Å²) in [5, 5.41) is 18.1. The largest absolute Gasteiger partial charge is 0.504 e. The number of hydrogen-bond acceptors (Lipinski definition) is 5. The highest BCUT2D eigenvalue weighted by atomic mass is 32.2. The molecule has 0 saturated heterocycles. The number of sulfonamides is 1. The standard InChI is InChI=1S/C14H16N2O4S/c1-20-13-7-2-4-10(14(13)17)9-16-11-5-3-6-12(8-11)21(15,18)19/h2-8,16-17H,9H2,1H3,(H2,15,18,19). The van der Waals surface area contributed by atoms with Gasteiger partial charge in [-0.15, -0.1) is 0 Å². The summed E-state index contributed by atoms with van der Waals surface area (Å²) in [6, 6.07) is 11.3. The van der Waals surface area contributed by atoms with Crippen molar-refractivity contribution < 1.29 is 18.3 Å². The molecule has 2 aromatic rings. The van der Waals surface area contributed by atoms with E-state index in [2.05, 4.69) is 5.32 Å². The number of nitrogens with one attached hydrogen (secondary N) is 1. The van der Waals surface area contributed by atoms with Gasteiger partial charge in [0.25, 0.3) is 0 Å². The van der Waals surface area contributed by atoms with Crippen molar-refractivity contribution in [3.8, 4) is 11.5 Å². The van der Waals surface area contributed by atoms with Crippen LogP contribution in [0.25, 0.3) is 0 Å². The first-order chi connectivity index (χ1) is 9.91. The van der Waals surface area contributed by atoms with Gasteiger partial charge in [-0.1, -0.05) is 18.2 Å². The van der Waals surface area contributed by atoms with Crippen LogP contribution in [-0.4, -0.2) is 20.6 Å². The second kappa shape index (κ2) is 6.02. The summed E-state index contributed by atoms with van der Waals surface area (Å²) in [7, 11) is -2.26. The predicted molar refractivity (Wildman–Crippen MR) is 79.8 cm³/mol. The van der Waals surface area contributed by atoms with Gasteiger partial charge in [-0.3, -0.25) is 0 Å². The normalized spacial score (nSPS) is 11.1. The van der Waals surface area contributed by atoms with E-state index < -0.39 is 10.0 Å². The van der Waals surface area contributed by atoms with Crippen molar-refractivity contribution in [1.29, 1.82) is 0 Å². The number of benzene rings is 2. The third-order valence-electron chi connectivity index (χ3n) is 2.95. The molecule has 0 fully saturated rings. The molecule has 112 valence electrons. The lowest BCUT2D eigenvalue weighted by molar-refractivity contribution is 0.371. The average molecular weight is 308 g/mol. The Balaban J connectivity index is 2.17. The quantitative estimate of drug-likeness (QED) is 0.779. The molecule has 0 radical (unpaired) electrons. The van der Waals surface area contributed by atoms with Crippen molar-refractivity contribution in [2.24, 2.45) is 5.14 Å². The Morgan fingerprint density at radius 2 is 1.95 bits per heavy atom. The molecule has 0 unspecified atom stereocenters. The lowest BCUT2D eigenvalue weighted by Gasteiger charge is -2.11. The zero-order chi connectivity index (χ0) is 15.5. The molecule has 0 heterocycles. The molecule has 0 atom stereocenters. The minimum absolute atomic E-state index is 0.0300. The predicted octanol–water partition coefficient (Wildman–Crippen LogP) is 1.66. The van der Waals surface area contributed by atoms with Crippen LogP contribution in [0.3, 0.4) is 0 Å². The smallest absolute Gasteiger partial charge is 0.238 e. The topological polar surface area (TPSA) is 102 Å². The van der Waals surface area contributed by atoms with Crippen LogP contribution < -0.4 is 15.2 Å². The third-order valence-corrected chi connectivity index (χ3v) is 3.86. The van der Waals surface area contributed by atoms with Gasteiger partial charge in [0, 0.05) is 17.8 Å². The lowest BCUT2D eigenvalue weighted by Crippen LogP contribution is -2.12. The lowest BCUT2D eigenvalue weighted by atomic mass is 10.2. The number of hydrogen-bond donors (Lipinski definition) is 3. The second-order valence-corrected chi connectivity index (χ2v) is 5.96. The molecule has 0 aliphatic rings. The molecule has 4 N–H and O–H groups in total. The summed E-state index contributed by atoms with van der Waals surface area (Å²) in [4.78, 5) is 0.0300. The van der Waals surface area contributed by atoms with E-state index in [1.165, 1.54) is 19.2 Å². The first-order valence-corrected chi connectivity index (χ1v) is 7.68. The summed E-state index contributed by atoms with van der Waals surface area (Å²) in [5.41, 5.74) is 1.22. The van der Waals surface area contributed by atoms with Crippen LogP contribution in [0.4, 0.5) is 5.69 Å². The maximum absolute atomic E-state index is 11.3. The molecule has 6 nitrogen and oxygen atoms in total. The Morgan fingerprint density at radius 3 is 2.62 bits per heavy atom. The van der Waals surface area contributed by atoms with E-state index in [1.807, 2.05) is 0 Å². The number of nitrogens with two attached hydrogens (primary N) is 1. The number of aromatic hydroxyl groups is 1. The van der Waals surface area contributed by atoms with Gasteiger partial charge in [0.05, 0.1) is 12.0 Å². The Hall–Kier alpha value is -2.25. The van der Waals surface area contributed by atoms with Gasteiger partial charge >= 0.3 is 0 Å². The molecule has 2 aromatic carbocycles. The van der Waals surface area contributed by atoms with E-state index in [4.69, 9.17) is 9.88 Å². The van der Waals surface area contributed by atoms with E-state index in [1.54, 1.807) is 30.3 Å². The van der Waals surface area contributed by atoms with Gasteiger partial charge in [0.1, 0.15) is 0 Å². The Labute approximate surface area is 123 Å². The first kappa shape index (κ1) is 15.1. The molecule has 0 aliphatic carbocycles. The fourth-order valence-electron chi connectivity index (χ4n) is 1.86. The fraction of sp³-hybridized carbons (Fsp3) is 0.143. The van der Waals surface area contributed by atoms with Gasteiger partial charge in [-0.05, 0) is 24.3 Å². The van der Waals surface area contributed by atoms with Crippen molar-refractivity contribution >= 4 is 15.7 Å². The molecule has 2 rings (SSSR count). The first-order valence-electron chi connectivity index (χ1n) is 6.13. The van der Waals surface area contributed by atoms with Crippen LogP contribution in [0.15, 0.2) is 47.4 Å². The van der Waals surface area contributed by atoms with Crippen molar-refractivity contribution in [1.82, 2.24) is 0 Å². The maximum atomic E-state index is 11.3. The molecular formula is C14H16N2O4S. The molecule has 0 spiro atoms. The summed E-state index contributed by atoms with van der Waals surface area (Å²) >= 11 is 0. The second-order valence-electron chi connectivity index (χ2n) is 4.39. The highest BCUT2D eigenvalue weighted by Gasteiger charge is 2.09. The molecule has 21 heavy (non-hydrogen) atoms. The van der Waals surface area contributed by atoms with Crippen LogP contribution in [-0.2, 0) is 16.6 Å². The van der Waals surface area contributed by atoms with Gasteiger partial charge in [-0.2, -0.15) is 0 Å². The summed E-state index contributed by atoms with van der Waals surface area (Å²) in [6.07, 6.45) is 0. The van der Waals surface area contributed by atoms with Crippen LogP contribution in [0.5, 0.6) is 11.5 Å². The monoisotopic (exact) mass is 308 g/mol. The van der Waals surface area contributed by atoms with E-state index in [0.29, 0.717) is 23.5 Å². The molecule has 0 aromatic heterocycles. The van der Waals surface area contributed by atoms with Gasteiger partial charge in [0.15, 0.2) is 11.5 Å². The van der Waals surface area contributed by atoms with E-state index in [9.17, 15) is 13.5 Å². The van der Waals surface area contributed by atoms with Gasteiger partial charge in [0.2, 0.25) is 10.0 Å². The van der Waals surface area contributed by atoms with Crippen molar-refractivity contribution in [3.63, 3.8) is 0 Å². The van der Waals surface area contributed by atoms with Crippen molar-refractivity contribution in [2.75, 3.05) is 12.4 Å². The van der Waals surface area contributed by atoms with Crippen molar-refractivity contribution in [2.45, 2.75) is 11.4 Å². The molecule has 0 amide bonds. The van der Waals surface area contributed by atoms with Crippen molar-refractivity contribution in [3.05, 3.63) is 48.0 Å². The zero-order valence-electron chi connectivity index (χ0n) is 11.4. The van der Waals surface area contributed by atoms with Gasteiger partial charge < -0.3 is 15.2 Å². The summed E-state index contributed by atoms with van der Waals surface area (Å²) < 4.78 is 27.6. The average Bonchev–Trinajstić information content (AvgIpc) is 2.45. The number of para-hydroxylation sites is 1. The number of methoxy groups -OCH3 is 1.